The zero-order chi connectivity index (χ0) is 27.7. The summed E-state index contributed by atoms with van der Waals surface area (Å²) in [6.07, 6.45) is 1.44. The van der Waals surface area contributed by atoms with Crippen LogP contribution in [0.5, 0.6) is 0 Å². The van der Waals surface area contributed by atoms with Crippen LogP contribution in [0.1, 0.15) is 28.9 Å². The molecule has 2 heterocycles. The summed E-state index contributed by atoms with van der Waals surface area (Å²) >= 11 is 0. The Morgan fingerprint density at radius 3 is 2.59 bits per heavy atom. The molecule has 0 aliphatic carbocycles. The zero-order valence-electron chi connectivity index (χ0n) is 21.3. The first kappa shape index (κ1) is 26.1. The maximum absolute atomic E-state index is 13.5. The SMILES string of the molecule is Cc1c(CNc2ccc(C(=N)N)cc2)oc2cc(NS(=O)(=O)c3cccc4c3N(CC(=O)O)CCC4)ccc12. The van der Waals surface area contributed by atoms with E-state index in [2.05, 4.69) is 10.0 Å². The molecule has 1 aromatic heterocycles. The predicted octanol–water partition coefficient (Wildman–Crippen LogP) is 4.28. The number of amidine groups is 1. The van der Waals surface area contributed by atoms with Gasteiger partial charge in [-0.15, -0.1) is 0 Å². The summed E-state index contributed by atoms with van der Waals surface area (Å²) in [5.74, 6) is -0.298. The highest BCUT2D eigenvalue weighted by molar-refractivity contribution is 7.92. The maximum Gasteiger partial charge on any atom is 0.323 e. The third kappa shape index (κ3) is 5.39. The second kappa shape index (κ2) is 10.3. The van der Waals surface area contributed by atoms with Crippen LogP contribution in [0.3, 0.4) is 0 Å². The van der Waals surface area contributed by atoms with E-state index in [4.69, 9.17) is 15.6 Å². The van der Waals surface area contributed by atoms with Crippen molar-refractivity contribution in [3.8, 4) is 0 Å². The Hall–Kier alpha value is -4.51. The predicted molar refractivity (Wildman–Crippen MR) is 151 cm³/mol. The van der Waals surface area contributed by atoms with Crippen molar-refractivity contribution in [2.45, 2.75) is 31.2 Å². The minimum Gasteiger partial charge on any atom is -0.480 e. The van der Waals surface area contributed by atoms with E-state index in [-0.39, 0.29) is 17.3 Å². The number of nitrogens with zero attached hydrogens (tertiary/aromatic N) is 1. The van der Waals surface area contributed by atoms with Crippen molar-refractivity contribution < 1.29 is 22.7 Å². The molecule has 39 heavy (non-hydrogen) atoms. The van der Waals surface area contributed by atoms with Crippen molar-refractivity contribution in [1.82, 2.24) is 0 Å². The van der Waals surface area contributed by atoms with Crippen LogP contribution in [0, 0.1) is 12.3 Å². The van der Waals surface area contributed by atoms with Gasteiger partial charge in [-0.05, 0) is 67.8 Å². The minimum atomic E-state index is -4.01. The Morgan fingerprint density at radius 1 is 1.13 bits per heavy atom. The summed E-state index contributed by atoms with van der Waals surface area (Å²) in [5.41, 5.74) is 10.1. The van der Waals surface area contributed by atoms with E-state index in [0.29, 0.717) is 47.8 Å². The molecule has 6 N–H and O–H groups in total. The molecule has 0 saturated heterocycles. The number of hydrogen-bond acceptors (Lipinski definition) is 7. The number of benzene rings is 3. The molecule has 11 heteroatoms. The van der Waals surface area contributed by atoms with Crippen molar-refractivity contribution in [2.75, 3.05) is 28.0 Å². The van der Waals surface area contributed by atoms with E-state index in [1.54, 1.807) is 35.2 Å². The fraction of sp³-hybridized carbons (Fsp3) is 0.214. The minimum absolute atomic E-state index is 0.00541. The van der Waals surface area contributed by atoms with Crippen LogP contribution < -0.4 is 20.7 Å². The maximum atomic E-state index is 13.5. The molecule has 10 nitrogen and oxygen atoms in total. The number of hydrogen-bond donors (Lipinski definition) is 5. The number of rotatable bonds is 9. The second-order valence-electron chi connectivity index (χ2n) is 9.49. The number of anilines is 3. The van der Waals surface area contributed by atoms with Gasteiger partial charge < -0.3 is 25.5 Å². The smallest absolute Gasteiger partial charge is 0.323 e. The fourth-order valence-electron chi connectivity index (χ4n) is 4.91. The van der Waals surface area contributed by atoms with Gasteiger partial charge in [0, 0.05) is 34.8 Å². The van der Waals surface area contributed by atoms with Gasteiger partial charge >= 0.3 is 5.97 Å². The Labute approximate surface area is 226 Å². The number of nitrogen functional groups attached to an aromatic ring is 1. The van der Waals surface area contributed by atoms with Gasteiger partial charge in [-0.2, -0.15) is 0 Å². The lowest BCUT2D eigenvalue weighted by Crippen LogP contribution is -2.35. The molecule has 0 saturated carbocycles. The van der Waals surface area contributed by atoms with Crippen molar-refractivity contribution in [3.05, 3.63) is 83.1 Å². The number of sulfonamides is 1. The van der Waals surface area contributed by atoms with E-state index in [1.165, 1.54) is 6.07 Å². The molecular weight excluding hydrogens is 518 g/mol. The highest BCUT2D eigenvalue weighted by atomic mass is 32.2. The fourth-order valence-corrected chi connectivity index (χ4v) is 6.23. The molecule has 1 aliphatic rings. The second-order valence-corrected chi connectivity index (χ2v) is 11.1. The number of nitrogens with one attached hydrogen (secondary N) is 3. The van der Waals surface area contributed by atoms with Gasteiger partial charge in [0.2, 0.25) is 0 Å². The molecule has 0 amide bonds. The topological polar surface area (TPSA) is 162 Å². The van der Waals surface area contributed by atoms with E-state index < -0.39 is 16.0 Å². The highest BCUT2D eigenvalue weighted by Crippen LogP contribution is 2.35. The third-order valence-corrected chi connectivity index (χ3v) is 8.24. The van der Waals surface area contributed by atoms with Gasteiger partial charge in [-0.1, -0.05) is 12.1 Å². The van der Waals surface area contributed by atoms with Gasteiger partial charge in [0.05, 0.1) is 17.9 Å². The molecule has 0 spiro atoms. The number of para-hydroxylation sites is 1. The first-order chi connectivity index (χ1) is 18.6. The summed E-state index contributed by atoms with van der Waals surface area (Å²) < 4.78 is 35.7. The molecule has 1 aliphatic heterocycles. The summed E-state index contributed by atoms with van der Waals surface area (Å²) in [7, 11) is -4.01. The molecule has 0 unspecified atom stereocenters. The van der Waals surface area contributed by atoms with Gasteiger partial charge in [0.25, 0.3) is 10.0 Å². The molecule has 3 aromatic carbocycles. The van der Waals surface area contributed by atoms with Crippen molar-refractivity contribution in [1.29, 1.82) is 5.41 Å². The normalized spacial score (nSPS) is 13.2. The van der Waals surface area contributed by atoms with Crippen LogP contribution in [0.4, 0.5) is 17.1 Å². The Balaban J connectivity index is 1.38. The number of carboxylic acids is 1. The van der Waals surface area contributed by atoms with Crippen LogP contribution in [0.15, 0.2) is 70.0 Å². The summed E-state index contributed by atoms with van der Waals surface area (Å²) in [4.78, 5) is 13.1. The molecule has 0 bridgehead atoms. The Morgan fingerprint density at radius 2 is 1.87 bits per heavy atom. The van der Waals surface area contributed by atoms with Crippen LogP contribution >= 0.6 is 0 Å². The molecule has 0 radical (unpaired) electrons. The standard InChI is InChI=1S/C28H29N5O5S/c1-17-22-12-11-21(14-23(22)38-24(17)15-31-20-9-7-19(8-10-20)28(29)30)32-39(36,37)25-6-2-4-18-5-3-13-33(27(18)25)16-26(34)35/h2,4,6-12,14,31-32H,3,5,13,15-16H2,1H3,(H3,29,30)(H,34,35). The molecule has 5 rings (SSSR count). The van der Waals surface area contributed by atoms with Crippen LogP contribution in [0.25, 0.3) is 11.0 Å². The third-order valence-electron chi connectivity index (χ3n) is 6.83. The number of fused-ring (bicyclic) bond motifs is 2. The zero-order valence-corrected chi connectivity index (χ0v) is 22.1. The summed E-state index contributed by atoms with van der Waals surface area (Å²) in [6, 6.07) is 17.4. The van der Waals surface area contributed by atoms with E-state index in [0.717, 1.165) is 28.6 Å². The average Bonchev–Trinajstić information content (AvgIpc) is 3.21. The molecule has 0 atom stereocenters. The summed E-state index contributed by atoms with van der Waals surface area (Å²) in [6.45, 7) is 2.56. The lowest BCUT2D eigenvalue weighted by molar-refractivity contribution is -0.135. The lowest BCUT2D eigenvalue weighted by atomic mass is 10.0. The van der Waals surface area contributed by atoms with Gasteiger partial charge in [-0.25, -0.2) is 8.42 Å². The van der Waals surface area contributed by atoms with Gasteiger partial charge in [0.15, 0.2) is 0 Å². The number of carboxylic acid groups (broad SMARTS) is 1. The Kier molecular flexibility index (Phi) is 6.92. The lowest BCUT2D eigenvalue weighted by Gasteiger charge is -2.31. The molecule has 4 aromatic rings. The number of carbonyl (C=O) groups is 1. The van der Waals surface area contributed by atoms with Gasteiger partial charge in [0.1, 0.15) is 28.6 Å². The molecule has 202 valence electrons. The molecular formula is C28H29N5O5S. The number of furan rings is 1. The number of aryl methyl sites for hydroxylation is 2. The monoisotopic (exact) mass is 547 g/mol. The van der Waals surface area contributed by atoms with Crippen molar-refractivity contribution in [2.24, 2.45) is 5.73 Å². The Bertz CT molecular complexity index is 1680. The quantitative estimate of drug-likeness (QED) is 0.153. The van der Waals surface area contributed by atoms with E-state index in [9.17, 15) is 18.3 Å². The average molecular weight is 548 g/mol. The molecule has 0 fully saturated rings. The van der Waals surface area contributed by atoms with Crippen LogP contribution in [-0.4, -0.2) is 38.4 Å². The van der Waals surface area contributed by atoms with Crippen molar-refractivity contribution in [3.63, 3.8) is 0 Å². The van der Waals surface area contributed by atoms with Crippen LogP contribution in [0.2, 0.25) is 0 Å². The number of aliphatic carboxylic acids is 1. The van der Waals surface area contributed by atoms with E-state index >= 15 is 0 Å². The number of nitrogens with two attached hydrogens (primary N) is 1. The van der Waals surface area contributed by atoms with Crippen molar-refractivity contribution >= 4 is 49.9 Å². The van der Waals surface area contributed by atoms with E-state index in [1.807, 2.05) is 31.2 Å². The first-order valence-electron chi connectivity index (χ1n) is 12.4. The summed E-state index contributed by atoms with van der Waals surface area (Å²) in [5, 5.41) is 21.0. The first-order valence-corrected chi connectivity index (χ1v) is 13.9. The highest BCUT2D eigenvalue weighted by Gasteiger charge is 2.28. The van der Waals surface area contributed by atoms with Gasteiger partial charge in [-0.3, -0.25) is 14.9 Å². The van der Waals surface area contributed by atoms with Crippen LogP contribution in [-0.2, 0) is 27.8 Å². The largest absolute Gasteiger partial charge is 0.480 e.